The van der Waals surface area contributed by atoms with E-state index >= 15 is 0 Å². The lowest BCUT2D eigenvalue weighted by Crippen LogP contribution is -2.06. The molecule has 0 saturated heterocycles. The summed E-state index contributed by atoms with van der Waals surface area (Å²) in [6.45, 7) is 4.35. The van der Waals surface area contributed by atoms with Crippen molar-refractivity contribution < 1.29 is 9.18 Å². The first kappa shape index (κ1) is 13.6. The molecule has 1 aliphatic rings. The number of rotatable bonds is 5. The van der Waals surface area contributed by atoms with E-state index in [1.807, 2.05) is 0 Å². The van der Waals surface area contributed by atoms with Crippen LogP contribution in [0, 0.1) is 5.92 Å². The van der Waals surface area contributed by atoms with Gasteiger partial charge in [-0.1, -0.05) is 48.7 Å². The molecule has 0 bridgehead atoms. The lowest BCUT2D eigenvalue weighted by molar-refractivity contribution is -0.116. The van der Waals surface area contributed by atoms with Crippen LogP contribution in [-0.2, 0) is 4.79 Å². The van der Waals surface area contributed by atoms with Crippen molar-refractivity contribution in [3.05, 3.63) is 22.0 Å². The van der Waals surface area contributed by atoms with Crippen LogP contribution in [0.2, 0.25) is 0 Å². The third-order valence-electron chi connectivity index (χ3n) is 3.09. The number of Topliss-reactive ketones (excluding diaryl/α,β-unsaturated/α-hetero) is 1. The summed E-state index contributed by atoms with van der Waals surface area (Å²) in [5.41, 5.74) is 0.555. The Morgan fingerprint density at radius 1 is 1.56 bits per heavy atom. The molecule has 1 rings (SSSR count). The molecule has 1 atom stereocenters. The summed E-state index contributed by atoms with van der Waals surface area (Å²) in [4.78, 5) is 11.2. The Balaban J connectivity index is 2.55. The summed E-state index contributed by atoms with van der Waals surface area (Å²) in [5, 5.41) is 0. The minimum atomic E-state index is -0.543. The molecule has 1 aliphatic carbocycles. The second-order valence-corrected chi connectivity index (χ2v) is 5.23. The van der Waals surface area contributed by atoms with Gasteiger partial charge in [-0.25, -0.2) is 4.39 Å². The van der Waals surface area contributed by atoms with Crippen molar-refractivity contribution in [2.75, 3.05) is 0 Å². The molecule has 0 aromatic rings. The fourth-order valence-corrected chi connectivity index (χ4v) is 2.26. The summed E-state index contributed by atoms with van der Waals surface area (Å²) in [5.74, 6) is -0.258. The predicted molar refractivity (Wildman–Crippen MR) is 68.1 cm³/mol. The van der Waals surface area contributed by atoms with Crippen LogP contribution in [-0.4, -0.2) is 5.78 Å². The second kappa shape index (κ2) is 6.33. The van der Waals surface area contributed by atoms with Crippen LogP contribution in [0.3, 0.4) is 0 Å². The quantitative estimate of drug-likeness (QED) is 0.718. The average Bonchev–Trinajstić information content (AvgIpc) is 2.28. The van der Waals surface area contributed by atoms with E-state index in [0.29, 0.717) is 17.9 Å². The largest absolute Gasteiger partial charge is 0.291 e. The van der Waals surface area contributed by atoms with Crippen molar-refractivity contribution >= 4 is 21.7 Å². The summed E-state index contributed by atoms with van der Waals surface area (Å²) < 4.78 is 14.3. The molecule has 0 saturated carbocycles. The zero-order valence-corrected chi connectivity index (χ0v) is 11.4. The summed E-state index contributed by atoms with van der Waals surface area (Å²) in [7, 11) is 0. The molecule has 0 unspecified atom stereocenters. The number of carbonyl (C=O) groups is 1. The highest BCUT2D eigenvalue weighted by Crippen LogP contribution is 2.32. The number of carbonyl (C=O) groups excluding carboxylic acids is 1. The molecule has 3 heteroatoms. The molecule has 0 aromatic heterocycles. The van der Waals surface area contributed by atoms with Gasteiger partial charge < -0.3 is 0 Å². The van der Waals surface area contributed by atoms with Crippen LogP contribution < -0.4 is 0 Å². The molecular formula is C13H18BrFO. The van der Waals surface area contributed by atoms with E-state index in [2.05, 4.69) is 29.8 Å². The molecule has 0 aromatic carbocycles. The lowest BCUT2D eigenvalue weighted by atomic mass is 9.96. The number of hydrogen-bond acceptors (Lipinski definition) is 1. The van der Waals surface area contributed by atoms with Crippen LogP contribution in [0.5, 0.6) is 0 Å². The smallest absolute Gasteiger partial charge is 0.195 e. The van der Waals surface area contributed by atoms with Crippen molar-refractivity contribution in [3.8, 4) is 0 Å². The van der Waals surface area contributed by atoms with Gasteiger partial charge in [0.25, 0.3) is 0 Å². The highest BCUT2D eigenvalue weighted by atomic mass is 79.9. The molecule has 1 nitrogen and oxygen atoms in total. The van der Waals surface area contributed by atoms with E-state index in [1.165, 1.54) is 0 Å². The Kier molecular flexibility index (Phi) is 5.39. The van der Waals surface area contributed by atoms with Crippen molar-refractivity contribution in [2.45, 2.75) is 46.0 Å². The van der Waals surface area contributed by atoms with E-state index in [0.717, 1.165) is 23.7 Å². The first-order valence-electron chi connectivity index (χ1n) is 5.84. The predicted octanol–water partition coefficient (Wildman–Crippen LogP) is 4.68. The minimum Gasteiger partial charge on any atom is -0.291 e. The van der Waals surface area contributed by atoms with Crippen LogP contribution in [0.1, 0.15) is 46.0 Å². The highest BCUT2D eigenvalue weighted by molar-refractivity contribution is 9.12. The van der Waals surface area contributed by atoms with Crippen LogP contribution in [0.4, 0.5) is 4.39 Å². The Morgan fingerprint density at radius 3 is 2.88 bits per heavy atom. The molecule has 0 amide bonds. The maximum absolute atomic E-state index is 13.6. The zero-order valence-electron chi connectivity index (χ0n) is 9.85. The van der Waals surface area contributed by atoms with E-state index in [9.17, 15) is 9.18 Å². The molecule has 16 heavy (non-hydrogen) atoms. The van der Waals surface area contributed by atoms with E-state index in [1.54, 1.807) is 6.08 Å². The van der Waals surface area contributed by atoms with Gasteiger partial charge >= 0.3 is 0 Å². The maximum atomic E-state index is 13.6. The molecule has 90 valence electrons. The van der Waals surface area contributed by atoms with Crippen molar-refractivity contribution in [3.63, 3.8) is 0 Å². The van der Waals surface area contributed by atoms with E-state index in [4.69, 9.17) is 0 Å². The highest BCUT2D eigenvalue weighted by Gasteiger charge is 2.20. The molecule has 0 N–H and O–H groups in total. The van der Waals surface area contributed by atoms with Crippen LogP contribution >= 0.6 is 15.9 Å². The normalized spacial score (nSPS) is 18.8. The molecule has 0 heterocycles. The molecular weight excluding hydrogens is 271 g/mol. The van der Waals surface area contributed by atoms with Gasteiger partial charge in [-0.2, -0.15) is 0 Å². The Bertz CT molecular complexity index is 331. The first-order valence-corrected chi connectivity index (χ1v) is 6.63. The maximum Gasteiger partial charge on any atom is 0.195 e. The van der Waals surface area contributed by atoms with Crippen molar-refractivity contribution in [2.24, 2.45) is 5.92 Å². The van der Waals surface area contributed by atoms with Gasteiger partial charge in [0.15, 0.2) is 11.6 Å². The molecule has 0 spiro atoms. The fourth-order valence-electron chi connectivity index (χ4n) is 1.73. The summed E-state index contributed by atoms with van der Waals surface area (Å²) in [6.07, 6.45) is 5.76. The second-order valence-electron chi connectivity index (χ2n) is 4.38. The van der Waals surface area contributed by atoms with Gasteiger partial charge in [0.1, 0.15) is 0 Å². The third-order valence-corrected chi connectivity index (χ3v) is 3.89. The van der Waals surface area contributed by atoms with Gasteiger partial charge in [0.05, 0.1) is 0 Å². The molecule has 0 fully saturated rings. The Morgan fingerprint density at radius 2 is 2.25 bits per heavy atom. The summed E-state index contributed by atoms with van der Waals surface area (Å²) >= 11 is 3.32. The Hall–Kier alpha value is -0.440. The van der Waals surface area contributed by atoms with Crippen molar-refractivity contribution in [1.82, 2.24) is 0 Å². The van der Waals surface area contributed by atoms with Gasteiger partial charge in [0.2, 0.25) is 0 Å². The monoisotopic (exact) mass is 288 g/mol. The molecule has 0 radical (unpaired) electrons. The number of ketones is 1. The van der Waals surface area contributed by atoms with Gasteiger partial charge in [0, 0.05) is 16.5 Å². The van der Waals surface area contributed by atoms with Crippen molar-refractivity contribution in [1.29, 1.82) is 0 Å². The first-order chi connectivity index (χ1) is 7.56. The zero-order chi connectivity index (χ0) is 12.1. The van der Waals surface area contributed by atoms with E-state index < -0.39 is 5.83 Å². The summed E-state index contributed by atoms with van der Waals surface area (Å²) in [6, 6.07) is 0. The topological polar surface area (TPSA) is 17.1 Å². The standard InChI is InChI=1S/C13H18BrFO/c1-3-9(2)5-4-6-10-11(14)7-8-12(16)13(10)15/h7,9H,3-6,8H2,1-2H3/t9-/m0/s1. The van der Waals surface area contributed by atoms with Crippen LogP contribution in [0.15, 0.2) is 22.0 Å². The van der Waals surface area contributed by atoms with Gasteiger partial charge in [-0.15, -0.1) is 0 Å². The van der Waals surface area contributed by atoms with E-state index in [-0.39, 0.29) is 12.2 Å². The van der Waals surface area contributed by atoms with Gasteiger partial charge in [-0.05, 0) is 18.8 Å². The number of allylic oxidation sites excluding steroid dienone is 4. The lowest BCUT2D eigenvalue weighted by Gasteiger charge is -2.14. The molecule has 0 aliphatic heterocycles. The number of hydrogen-bond donors (Lipinski definition) is 0. The minimum absolute atomic E-state index is 0.182. The fraction of sp³-hybridized carbons (Fsp3) is 0.615. The Labute approximate surface area is 105 Å². The van der Waals surface area contributed by atoms with Crippen LogP contribution in [0.25, 0.3) is 0 Å². The third kappa shape index (κ3) is 3.55. The average molecular weight is 289 g/mol. The number of halogens is 2. The van der Waals surface area contributed by atoms with Gasteiger partial charge in [-0.3, -0.25) is 4.79 Å². The SMILES string of the molecule is CC[C@H](C)CCCC1=C(F)C(=O)CC=C1Br.